The smallest absolute Gasteiger partial charge is 0.0742 e. The predicted octanol–water partition coefficient (Wildman–Crippen LogP) is 6.57. The Labute approximate surface area is 120 Å². The summed E-state index contributed by atoms with van der Waals surface area (Å²) < 4.78 is 2.53. The Bertz CT molecular complexity index is 294. The van der Waals surface area contributed by atoms with Gasteiger partial charge in [0.2, 0.25) is 0 Å². The number of rotatable bonds is 8. The Hall–Kier alpha value is 0.660. The van der Waals surface area contributed by atoms with Crippen molar-refractivity contribution in [3.63, 3.8) is 0 Å². The van der Waals surface area contributed by atoms with E-state index in [9.17, 15) is 0 Å². The van der Waals surface area contributed by atoms with Crippen molar-refractivity contribution in [1.82, 2.24) is 0 Å². The molecular formula is C13H20Br2S. The second-order valence-electron chi connectivity index (χ2n) is 4.22. The van der Waals surface area contributed by atoms with E-state index in [1.54, 1.807) is 11.3 Å². The number of aryl methyl sites for hydroxylation is 1. The van der Waals surface area contributed by atoms with Crippen LogP contribution in [0, 0.1) is 0 Å². The average Bonchev–Trinajstić information content (AvgIpc) is 2.56. The van der Waals surface area contributed by atoms with Crippen LogP contribution in [0.5, 0.6) is 0 Å². The van der Waals surface area contributed by atoms with Crippen LogP contribution in [0.1, 0.15) is 57.4 Å². The first kappa shape index (κ1) is 14.7. The largest absolute Gasteiger partial charge is 0.121 e. The minimum atomic E-state index is 1.22. The van der Waals surface area contributed by atoms with Gasteiger partial charge in [-0.05, 0) is 56.3 Å². The minimum Gasteiger partial charge on any atom is -0.121 e. The second-order valence-corrected chi connectivity index (χ2v) is 7.97. The molecule has 0 N–H and O–H groups in total. The van der Waals surface area contributed by atoms with E-state index >= 15 is 0 Å². The summed E-state index contributed by atoms with van der Waals surface area (Å²) in [4.78, 5) is 0. The molecule has 92 valence electrons. The molecule has 1 heterocycles. The van der Waals surface area contributed by atoms with Gasteiger partial charge in [-0.25, -0.2) is 0 Å². The van der Waals surface area contributed by atoms with Crippen LogP contribution in [0.25, 0.3) is 0 Å². The summed E-state index contributed by atoms with van der Waals surface area (Å²) in [6.45, 7) is 2.27. The zero-order chi connectivity index (χ0) is 11.8. The van der Waals surface area contributed by atoms with Crippen molar-refractivity contribution in [2.24, 2.45) is 0 Å². The van der Waals surface area contributed by atoms with Gasteiger partial charge >= 0.3 is 0 Å². The summed E-state index contributed by atoms with van der Waals surface area (Å²) in [6, 6.07) is 2.24. The summed E-state index contributed by atoms with van der Waals surface area (Å²) in [5, 5.41) is 0. The van der Waals surface area contributed by atoms with Gasteiger partial charge in [-0.2, -0.15) is 0 Å². The van der Waals surface area contributed by atoms with Gasteiger partial charge in [-0.3, -0.25) is 0 Å². The Morgan fingerprint density at radius 2 is 1.62 bits per heavy atom. The lowest BCUT2D eigenvalue weighted by Crippen LogP contribution is -1.84. The fourth-order valence-corrected chi connectivity index (χ4v) is 4.73. The van der Waals surface area contributed by atoms with E-state index in [1.165, 1.54) is 64.5 Å². The molecule has 0 aliphatic heterocycles. The van der Waals surface area contributed by atoms with Crippen LogP contribution in [0.15, 0.2) is 13.6 Å². The fourth-order valence-electron chi connectivity index (χ4n) is 1.82. The van der Waals surface area contributed by atoms with Crippen molar-refractivity contribution in [3.05, 3.63) is 19.2 Å². The monoisotopic (exact) mass is 366 g/mol. The molecule has 0 unspecified atom stereocenters. The van der Waals surface area contributed by atoms with Crippen molar-refractivity contribution in [3.8, 4) is 0 Å². The maximum atomic E-state index is 3.61. The summed E-state index contributed by atoms with van der Waals surface area (Å²) in [7, 11) is 0. The first-order valence-corrected chi connectivity index (χ1v) is 8.58. The molecule has 0 saturated heterocycles. The zero-order valence-corrected chi connectivity index (χ0v) is 13.9. The van der Waals surface area contributed by atoms with Crippen molar-refractivity contribution < 1.29 is 0 Å². The Balaban J connectivity index is 2.05. The van der Waals surface area contributed by atoms with Crippen LogP contribution >= 0.6 is 43.2 Å². The van der Waals surface area contributed by atoms with Crippen LogP contribution < -0.4 is 0 Å². The highest BCUT2D eigenvalue weighted by molar-refractivity contribution is 9.12. The molecule has 16 heavy (non-hydrogen) atoms. The van der Waals surface area contributed by atoms with Gasteiger partial charge in [0, 0.05) is 0 Å². The van der Waals surface area contributed by atoms with E-state index < -0.39 is 0 Å². The molecule has 0 nitrogen and oxygen atoms in total. The predicted molar refractivity (Wildman–Crippen MR) is 81.4 cm³/mol. The number of halogens is 2. The van der Waals surface area contributed by atoms with Crippen LogP contribution in [0.4, 0.5) is 0 Å². The second kappa shape index (κ2) is 8.71. The molecular weight excluding hydrogens is 348 g/mol. The number of unbranched alkanes of at least 4 members (excludes halogenated alkanes) is 6. The Morgan fingerprint density at radius 1 is 1.00 bits per heavy atom. The van der Waals surface area contributed by atoms with E-state index in [4.69, 9.17) is 0 Å². The number of thiophene rings is 1. The molecule has 0 amide bonds. The maximum Gasteiger partial charge on any atom is 0.0742 e. The third-order valence-electron chi connectivity index (χ3n) is 2.78. The van der Waals surface area contributed by atoms with Crippen molar-refractivity contribution in [2.45, 2.75) is 58.3 Å². The lowest BCUT2D eigenvalue weighted by molar-refractivity contribution is 0.589. The molecule has 0 bridgehead atoms. The van der Waals surface area contributed by atoms with Gasteiger partial charge < -0.3 is 0 Å². The van der Waals surface area contributed by atoms with E-state index in [0.29, 0.717) is 0 Å². The fraction of sp³-hybridized carbons (Fsp3) is 0.692. The van der Waals surface area contributed by atoms with Crippen LogP contribution in [-0.2, 0) is 6.42 Å². The molecule has 0 radical (unpaired) electrons. The maximum absolute atomic E-state index is 3.61. The molecule has 0 saturated carbocycles. The van der Waals surface area contributed by atoms with E-state index in [0.717, 1.165) is 0 Å². The van der Waals surface area contributed by atoms with Crippen LogP contribution in [0.3, 0.4) is 0 Å². The average molecular weight is 368 g/mol. The van der Waals surface area contributed by atoms with E-state index in [-0.39, 0.29) is 0 Å². The van der Waals surface area contributed by atoms with Gasteiger partial charge in [0.25, 0.3) is 0 Å². The molecule has 0 atom stereocenters. The van der Waals surface area contributed by atoms with Gasteiger partial charge in [0.05, 0.1) is 7.57 Å². The highest BCUT2D eigenvalue weighted by Crippen LogP contribution is 2.32. The Kier molecular flexibility index (Phi) is 8.01. The highest BCUT2D eigenvalue weighted by atomic mass is 79.9. The lowest BCUT2D eigenvalue weighted by atomic mass is 10.1. The van der Waals surface area contributed by atoms with E-state index in [1.807, 2.05) is 0 Å². The first-order valence-electron chi connectivity index (χ1n) is 6.17. The van der Waals surface area contributed by atoms with E-state index in [2.05, 4.69) is 44.8 Å². The number of hydrogen-bond donors (Lipinski definition) is 0. The quantitative estimate of drug-likeness (QED) is 0.456. The highest BCUT2D eigenvalue weighted by Gasteiger charge is 2.04. The van der Waals surface area contributed by atoms with Crippen molar-refractivity contribution in [1.29, 1.82) is 0 Å². The van der Waals surface area contributed by atoms with Gasteiger partial charge in [-0.15, -0.1) is 11.3 Å². The molecule has 3 heteroatoms. The lowest BCUT2D eigenvalue weighted by Gasteiger charge is -2.01. The number of hydrogen-bond acceptors (Lipinski definition) is 1. The molecule has 1 rings (SSSR count). The van der Waals surface area contributed by atoms with Crippen LogP contribution in [-0.4, -0.2) is 0 Å². The molecule has 1 aromatic heterocycles. The van der Waals surface area contributed by atoms with Crippen LogP contribution in [0.2, 0.25) is 0 Å². The summed E-state index contributed by atoms with van der Waals surface area (Å²) >= 11 is 8.91. The van der Waals surface area contributed by atoms with Crippen molar-refractivity contribution >= 4 is 43.2 Å². The third kappa shape index (κ3) is 5.83. The van der Waals surface area contributed by atoms with Crippen molar-refractivity contribution in [2.75, 3.05) is 0 Å². The normalized spacial score (nSPS) is 10.9. The summed E-state index contributed by atoms with van der Waals surface area (Å²) in [5.41, 5.74) is 1.46. The minimum absolute atomic E-state index is 1.22. The molecule has 1 aromatic rings. The van der Waals surface area contributed by atoms with Gasteiger partial charge in [0.1, 0.15) is 0 Å². The molecule has 0 aromatic carbocycles. The molecule has 0 aliphatic carbocycles. The third-order valence-corrected chi connectivity index (χ3v) is 5.24. The topological polar surface area (TPSA) is 0 Å². The zero-order valence-electron chi connectivity index (χ0n) is 9.90. The molecule has 0 fully saturated rings. The summed E-state index contributed by atoms with van der Waals surface area (Å²) in [5.74, 6) is 0. The first-order chi connectivity index (χ1) is 7.74. The molecule has 0 aliphatic rings. The summed E-state index contributed by atoms with van der Waals surface area (Å²) in [6.07, 6.45) is 10.9. The standard InChI is InChI=1S/C13H20Br2S/c1-2-3-4-5-6-7-8-9-11-10-12(14)16-13(11)15/h10H,2-9H2,1H3. The SMILES string of the molecule is CCCCCCCCCc1cc(Br)sc1Br. The van der Waals surface area contributed by atoms with Gasteiger partial charge in [-0.1, -0.05) is 45.4 Å². The van der Waals surface area contributed by atoms with Gasteiger partial charge in [0.15, 0.2) is 0 Å². The molecule has 0 spiro atoms. The Morgan fingerprint density at radius 3 is 2.19 bits per heavy atom.